The third-order valence-corrected chi connectivity index (χ3v) is 15.8. The summed E-state index contributed by atoms with van der Waals surface area (Å²) in [6, 6.07) is 46.4. The summed E-state index contributed by atoms with van der Waals surface area (Å²) in [6.45, 7) is 7.07. The minimum absolute atomic E-state index is 0.0335. The Balaban J connectivity index is 1.20. The standard InChI is InChI=1S/C77H78F5N5O15/c1-6-47(2)68(73(92)98-44-50-26-16-9-17-27-50)87-71(90)58(84-70(89)59(85-76(95)102-77(3,4)5)40-57(88)41-83-74(93)99-45-51-28-18-10-19-29-51)38-55-36-53(32-34-61(55)96-42-48-22-12-7-13-23-48)54-33-35-62(97-43-49-24-14-8-15-25-49)56(37-54)39-60(86-75(94)100-46-52-30-20-11-21-31-52)72(91)101-69-66(81)64(79)63(78)65(80)67(69)82/h7-37,47,57-60,68,88H,6,38-46H2,1-5H3,(H,83,93)(H,84,89)(H,85,95)(H,86,94)(H,87,90)/t47-,57-,58+,59+,60+,68?/m1/s1. The van der Waals surface area contributed by atoms with Gasteiger partial charge in [0.1, 0.15) is 74.3 Å². The van der Waals surface area contributed by atoms with Crippen LogP contribution in [0.2, 0.25) is 0 Å². The van der Waals surface area contributed by atoms with Crippen molar-refractivity contribution in [2.45, 2.75) is 129 Å². The number of carbonyl (C=O) groups is 7. The molecular weight excluding hydrogens is 1330 g/mol. The maximum atomic E-state index is 15.3. The van der Waals surface area contributed by atoms with Crippen LogP contribution in [0.15, 0.2) is 188 Å². The van der Waals surface area contributed by atoms with Crippen molar-refractivity contribution >= 4 is 42.0 Å². The Kier molecular flexibility index (Phi) is 27.9. The third-order valence-electron chi connectivity index (χ3n) is 15.8. The monoisotopic (exact) mass is 1410 g/mol. The van der Waals surface area contributed by atoms with E-state index in [0.717, 1.165) is 5.56 Å². The van der Waals surface area contributed by atoms with Gasteiger partial charge in [0.2, 0.25) is 46.6 Å². The molecule has 102 heavy (non-hydrogen) atoms. The zero-order valence-electron chi connectivity index (χ0n) is 56.5. The Hall–Kier alpha value is -11.3. The number of esters is 2. The Bertz CT molecular complexity index is 4110. The first-order valence-corrected chi connectivity index (χ1v) is 32.6. The molecular formula is C77H78F5N5O15. The van der Waals surface area contributed by atoms with Crippen LogP contribution in [0.4, 0.5) is 36.3 Å². The summed E-state index contributed by atoms with van der Waals surface area (Å²) in [4.78, 5) is 98.9. The molecule has 5 amide bonds. The average molecular weight is 1410 g/mol. The van der Waals surface area contributed by atoms with E-state index in [1.165, 1.54) is 12.1 Å². The minimum atomic E-state index is -2.52. The summed E-state index contributed by atoms with van der Waals surface area (Å²) >= 11 is 0. The number of carbonyl (C=O) groups excluding carboxylic acids is 7. The van der Waals surface area contributed by atoms with Crippen LogP contribution in [-0.2, 0) is 84.0 Å². The second kappa shape index (κ2) is 37.2. The maximum Gasteiger partial charge on any atom is 0.408 e. The van der Waals surface area contributed by atoms with Crippen molar-refractivity contribution in [3.63, 3.8) is 0 Å². The number of halogens is 5. The smallest absolute Gasteiger partial charge is 0.408 e. The molecule has 0 spiro atoms. The summed E-state index contributed by atoms with van der Waals surface area (Å²) in [6.07, 6.45) is -6.14. The fourth-order valence-corrected chi connectivity index (χ4v) is 10.2. The number of rotatable bonds is 32. The Morgan fingerprint density at radius 1 is 0.451 bits per heavy atom. The molecule has 0 bridgehead atoms. The van der Waals surface area contributed by atoms with E-state index < -0.39 is 144 Å². The number of ether oxygens (including phenoxy) is 7. The predicted octanol–water partition coefficient (Wildman–Crippen LogP) is 12.5. The van der Waals surface area contributed by atoms with E-state index in [1.807, 2.05) is 0 Å². The molecule has 0 aliphatic heterocycles. The van der Waals surface area contributed by atoms with Crippen molar-refractivity contribution in [2.75, 3.05) is 6.54 Å². The number of alkyl carbamates (subject to hydrolysis) is 3. The molecule has 0 aliphatic carbocycles. The lowest BCUT2D eigenvalue weighted by Gasteiger charge is -2.28. The highest BCUT2D eigenvalue weighted by Gasteiger charge is 2.36. The molecule has 8 aromatic carbocycles. The van der Waals surface area contributed by atoms with Crippen LogP contribution in [0.5, 0.6) is 17.2 Å². The van der Waals surface area contributed by atoms with E-state index in [1.54, 1.807) is 211 Å². The lowest BCUT2D eigenvalue weighted by Crippen LogP contribution is -2.58. The van der Waals surface area contributed by atoms with Crippen molar-refractivity contribution in [1.82, 2.24) is 26.6 Å². The van der Waals surface area contributed by atoms with E-state index in [-0.39, 0.29) is 55.7 Å². The molecule has 0 fully saturated rings. The maximum absolute atomic E-state index is 15.3. The molecule has 0 aliphatic rings. The lowest BCUT2D eigenvalue weighted by atomic mass is 9.94. The Morgan fingerprint density at radius 2 is 0.853 bits per heavy atom. The van der Waals surface area contributed by atoms with Crippen LogP contribution in [-0.4, -0.2) is 89.6 Å². The highest BCUT2D eigenvalue weighted by atomic mass is 19.2. The number of nitrogens with one attached hydrogen (secondary N) is 5. The Morgan fingerprint density at radius 3 is 1.30 bits per heavy atom. The number of aliphatic hydroxyl groups excluding tert-OH is 1. The van der Waals surface area contributed by atoms with Crippen molar-refractivity contribution in [1.29, 1.82) is 0 Å². The largest absolute Gasteiger partial charge is 0.489 e. The first-order chi connectivity index (χ1) is 48.9. The lowest BCUT2D eigenvalue weighted by molar-refractivity contribution is -0.151. The van der Waals surface area contributed by atoms with Gasteiger partial charge in [0.05, 0.1) is 6.10 Å². The van der Waals surface area contributed by atoms with Gasteiger partial charge in [-0.2, -0.15) is 8.78 Å². The number of hydrogen-bond donors (Lipinski definition) is 6. The van der Waals surface area contributed by atoms with Gasteiger partial charge in [-0.3, -0.25) is 9.59 Å². The molecule has 8 rings (SSSR count). The predicted molar refractivity (Wildman–Crippen MR) is 364 cm³/mol. The number of hydrogen-bond acceptors (Lipinski definition) is 15. The van der Waals surface area contributed by atoms with E-state index in [0.29, 0.717) is 39.8 Å². The second-order valence-electron chi connectivity index (χ2n) is 24.7. The normalized spacial score (nSPS) is 12.9. The minimum Gasteiger partial charge on any atom is -0.489 e. The third kappa shape index (κ3) is 23.1. The van der Waals surface area contributed by atoms with Gasteiger partial charge in [-0.25, -0.2) is 37.1 Å². The fourth-order valence-electron chi connectivity index (χ4n) is 10.2. The highest BCUT2D eigenvalue weighted by molar-refractivity contribution is 5.93. The number of amides is 5. The summed E-state index contributed by atoms with van der Waals surface area (Å²) in [5, 5.41) is 24.2. The fraction of sp³-hybridized carbons (Fsp3) is 0.286. The van der Waals surface area contributed by atoms with E-state index in [4.69, 9.17) is 33.2 Å². The summed E-state index contributed by atoms with van der Waals surface area (Å²) in [5.41, 5.74) is 3.13. The molecule has 1 unspecified atom stereocenters. The molecule has 536 valence electrons. The molecule has 0 radical (unpaired) electrons. The van der Waals surface area contributed by atoms with Gasteiger partial charge in [-0.05, 0) is 101 Å². The molecule has 6 N–H and O–H groups in total. The van der Waals surface area contributed by atoms with Crippen LogP contribution < -0.4 is 40.8 Å². The topological polar surface area (TPSA) is 264 Å². The number of aliphatic hydroxyl groups is 1. The second-order valence-corrected chi connectivity index (χ2v) is 24.7. The average Bonchev–Trinajstić information content (AvgIpc) is 0.791. The van der Waals surface area contributed by atoms with Gasteiger partial charge in [0, 0.05) is 25.8 Å². The highest BCUT2D eigenvalue weighted by Crippen LogP contribution is 2.35. The van der Waals surface area contributed by atoms with Gasteiger partial charge in [0.15, 0.2) is 0 Å². The zero-order valence-corrected chi connectivity index (χ0v) is 56.5. The van der Waals surface area contributed by atoms with Gasteiger partial charge >= 0.3 is 30.2 Å². The van der Waals surface area contributed by atoms with Crippen LogP contribution in [0, 0.1) is 35.0 Å². The quantitative estimate of drug-likeness (QED) is 0.00572. The van der Waals surface area contributed by atoms with E-state index in [9.17, 15) is 42.3 Å². The van der Waals surface area contributed by atoms with Gasteiger partial charge in [-0.15, -0.1) is 0 Å². The van der Waals surface area contributed by atoms with E-state index in [2.05, 4.69) is 26.6 Å². The van der Waals surface area contributed by atoms with Gasteiger partial charge in [-0.1, -0.05) is 184 Å². The molecule has 0 saturated carbocycles. The van der Waals surface area contributed by atoms with Gasteiger partial charge in [0.25, 0.3) is 0 Å². The molecule has 0 aromatic heterocycles. The molecule has 0 saturated heterocycles. The van der Waals surface area contributed by atoms with Crippen LogP contribution >= 0.6 is 0 Å². The molecule has 0 heterocycles. The van der Waals surface area contributed by atoms with Crippen molar-refractivity contribution in [3.8, 4) is 28.4 Å². The summed E-state index contributed by atoms with van der Waals surface area (Å²) in [7, 11) is 0. The first kappa shape index (κ1) is 76.4. The SMILES string of the molecule is CC[C@@H](C)C(NC(=O)[C@H](Cc1cc(-c2ccc(OCc3ccccc3)c(C[C@H](NC(=O)OCc3ccccc3)C(=O)Oc3c(F)c(F)c(F)c(F)c3F)c2)ccc1OCc1ccccc1)NC(=O)[C@H](C[C@@H](O)CNC(=O)OCc1ccccc1)NC(=O)OC(C)(C)C)C(=O)OCc1ccccc1. The molecule has 6 atom stereocenters. The van der Waals surface area contributed by atoms with Crippen LogP contribution in [0.25, 0.3) is 11.1 Å². The first-order valence-electron chi connectivity index (χ1n) is 32.6. The van der Waals surface area contributed by atoms with Crippen molar-refractivity contribution in [3.05, 3.63) is 256 Å². The van der Waals surface area contributed by atoms with Crippen molar-refractivity contribution in [2.24, 2.45) is 5.92 Å². The Labute approximate surface area is 586 Å². The van der Waals surface area contributed by atoms with Gasteiger partial charge < -0.3 is 64.8 Å². The molecule has 25 heteroatoms. The molecule has 20 nitrogen and oxygen atoms in total. The van der Waals surface area contributed by atoms with Crippen molar-refractivity contribution < 1.29 is 93.8 Å². The van der Waals surface area contributed by atoms with Crippen LogP contribution in [0.3, 0.4) is 0 Å². The number of benzene rings is 8. The zero-order chi connectivity index (χ0) is 73.3. The van der Waals surface area contributed by atoms with Crippen LogP contribution in [0.1, 0.15) is 86.4 Å². The molecule has 8 aromatic rings. The van der Waals surface area contributed by atoms with E-state index >= 15 is 18.4 Å². The summed E-state index contributed by atoms with van der Waals surface area (Å²) in [5.74, 6) is -19.0. The summed E-state index contributed by atoms with van der Waals surface area (Å²) < 4.78 is 114.